The molecule has 0 saturated carbocycles. The van der Waals surface area contributed by atoms with Crippen LogP contribution in [0.15, 0.2) is 42.0 Å². The maximum Gasteiger partial charge on any atom is 0.412 e. The van der Waals surface area contributed by atoms with Gasteiger partial charge in [0.15, 0.2) is 0 Å². The zero-order chi connectivity index (χ0) is 15.5. The van der Waals surface area contributed by atoms with E-state index in [1.165, 1.54) is 4.90 Å². The molecule has 1 aliphatic heterocycles. The van der Waals surface area contributed by atoms with E-state index in [-0.39, 0.29) is 25.4 Å². The second-order valence-electron chi connectivity index (χ2n) is 5.06. The van der Waals surface area contributed by atoms with Gasteiger partial charge in [0.2, 0.25) is 5.91 Å². The fourth-order valence-electron chi connectivity index (χ4n) is 2.32. The molecule has 0 radical (unpaired) electrons. The third-order valence-corrected chi connectivity index (χ3v) is 3.50. The lowest BCUT2D eigenvalue weighted by atomic mass is 10.0. The van der Waals surface area contributed by atoms with Crippen molar-refractivity contribution in [3.8, 4) is 0 Å². The lowest BCUT2D eigenvalue weighted by molar-refractivity contribution is -0.133. The summed E-state index contributed by atoms with van der Waals surface area (Å²) in [5.41, 5.74) is 6.23. The Balaban J connectivity index is 1.94. The SMILES string of the molecule is NC(Cc1ccccc1)C(=O)N1CC=C(C(F)(F)F)CC1. The Labute approximate surface area is 121 Å². The van der Waals surface area contributed by atoms with Crippen molar-refractivity contribution in [1.82, 2.24) is 4.90 Å². The highest BCUT2D eigenvalue weighted by atomic mass is 19.4. The van der Waals surface area contributed by atoms with Gasteiger partial charge in [-0.1, -0.05) is 36.4 Å². The lowest BCUT2D eigenvalue weighted by Crippen LogP contribution is -2.47. The number of nitrogens with zero attached hydrogens (tertiary/aromatic N) is 1. The lowest BCUT2D eigenvalue weighted by Gasteiger charge is -2.29. The molecule has 114 valence electrons. The van der Waals surface area contributed by atoms with Crippen LogP contribution >= 0.6 is 0 Å². The van der Waals surface area contributed by atoms with E-state index < -0.39 is 17.8 Å². The summed E-state index contributed by atoms with van der Waals surface area (Å²) in [6.07, 6.45) is -3.03. The van der Waals surface area contributed by atoms with Gasteiger partial charge in [0.25, 0.3) is 0 Å². The predicted molar refractivity (Wildman–Crippen MR) is 73.5 cm³/mol. The van der Waals surface area contributed by atoms with E-state index in [4.69, 9.17) is 5.73 Å². The Kier molecular flexibility index (Phi) is 4.67. The molecule has 0 fully saturated rings. The molecule has 1 unspecified atom stereocenters. The minimum absolute atomic E-state index is 0.0316. The second kappa shape index (κ2) is 6.30. The van der Waals surface area contributed by atoms with Crippen LogP contribution in [-0.4, -0.2) is 36.1 Å². The maximum absolute atomic E-state index is 12.5. The predicted octanol–water partition coefficient (Wildman–Crippen LogP) is 2.28. The summed E-state index contributed by atoms with van der Waals surface area (Å²) in [6, 6.07) is 8.58. The van der Waals surface area contributed by atoms with Crippen LogP contribution in [0.25, 0.3) is 0 Å². The minimum Gasteiger partial charge on any atom is -0.337 e. The molecule has 0 spiro atoms. The summed E-state index contributed by atoms with van der Waals surface area (Å²) in [5.74, 6) is -0.309. The fraction of sp³-hybridized carbons (Fsp3) is 0.400. The summed E-state index contributed by atoms with van der Waals surface area (Å²) in [5, 5.41) is 0. The fourth-order valence-corrected chi connectivity index (χ4v) is 2.32. The first-order chi connectivity index (χ1) is 9.88. The van der Waals surface area contributed by atoms with E-state index in [1.54, 1.807) is 0 Å². The molecule has 0 aliphatic carbocycles. The monoisotopic (exact) mass is 298 g/mol. The number of carbonyl (C=O) groups excluding carboxylic acids is 1. The van der Waals surface area contributed by atoms with Gasteiger partial charge in [0.05, 0.1) is 6.04 Å². The van der Waals surface area contributed by atoms with Crippen molar-refractivity contribution in [2.75, 3.05) is 13.1 Å². The molecular weight excluding hydrogens is 281 g/mol. The molecule has 1 aromatic carbocycles. The molecule has 2 N–H and O–H groups in total. The van der Waals surface area contributed by atoms with Gasteiger partial charge in [-0.3, -0.25) is 4.79 Å². The molecule has 1 atom stereocenters. The first-order valence-electron chi connectivity index (χ1n) is 6.72. The molecule has 1 amide bonds. The highest BCUT2D eigenvalue weighted by Crippen LogP contribution is 2.30. The normalized spacial score (nSPS) is 17.3. The molecule has 0 saturated heterocycles. The number of alkyl halides is 3. The van der Waals surface area contributed by atoms with Crippen LogP contribution in [0.2, 0.25) is 0 Å². The van der Waals surface area contributed by atoms with Gasteiger partial charge >= 0.3 is 6.18 Å². The molecule has 0 aromatic heterocycles. The zero-order valence-corrected chi connectivity index (χ0v) is 11.4. The number of hydrogen-bond acceptors (Lipinski definition) is 2. The van der Waals surface area contributed by atoms with Crippen LogP contribution in [0.1, 0.15) is 12.0 Å². The number of hydrogen-bond donors (Lipinski definition) is 1. The molecule has 0 bridgehead atoms. The van der Waals surface area contributed by atoms with E-state index in [2.05, 4.69) is 0 Å². The quantitative estimate of drug-likeness (QED) is 0.870. The third kappa shape index (κ3) is 4.07. The maximum atomic E-state index is 12.5. The van der Waals surface area contributed by atoms with Crippen LogP contribution in [0.3, 0.4) is 0 Å². The van der Waals surface area contributed by atoms with E-state index in [9.17, 15) is 18.0 Å². The average Bonchev–Trinajstić information content (AvgIpc) is 2.46. The Bertz CT molecular complexity index is 525. The van der Waals surface area contributed by atoms with Gasteiger partial charge in [-0.05, 0) is 18.4 Å². The number of halogens is 3. The average molecular weight is 298 g/mol. The highest BCUT2D eigenvalue weighted by molar-refractivity contribution is 5.82. The van der Waals surface area contributed by atoms with Gasteiger partial charge in [0.1, 0.15) is 0 Å². The molecule has 1 aromatic rings. The van der Waals surface area contributed by atoms with Gasteiger partial charge in [-0.15, -0.1) is 0 Å². The molecular formula is C15H17F3N2O. The molecule has 2 rings (SSSR count). The van der Waals surface area contributed by atoms with Gasteiger partial charge in [0, 0.05) is 18.7 Å². The van der Waals surface area contributed by atoms with Crippen molar-refractivity contribution in [3.63, 3.8) is 0 Å². The van der Waals surface area contributed by atoms with Crippen LogP contribution in [0, 0.1) is 0 Å². The smallest absolute Gasteiger partial charge is 0.337 e. The van der Waals surface area contributed by atoms with Crippen molar-refractivity contribution in [2.24, 2.45) is 5.73 Å². The molecule has 1 heterocycles. The number of amides is 1. The third-order valence-electron chi connectivity index (χ3n) is 3.50. The van der Waals surface area contributed by atoms with Crippen LogP contribution in [-0.2, 0) is 11.2 Å². The summed E-state index contributed by atoms with van der Waals surface area (Å²) in [4.78, 5) is 13.5. The first kappa shape index (κ1) is 15.6. The summed E-state index contributed by atoms with van der Waals surface area (Å²) < 4.78 is 37.6. The topological polar surface area (TPSA) is 46.3 Å². The Morgan fingerprint density at radius 1 is 1.29 bits per heavy atom. The van der Waals surface area contributed by atoms with Gasteiger partial charge in [-0.2, -0.15) is 13.2 Å². The number of nitrogens with two attached hydrogens (primary N) is 1. The molecule has 3 nitrogen and oxygen atoms in total. The molecule has 21 heavy (non-hydrogen) atoms. The Morgan fingerprint density at radius 3 is 2.48 bits per heavy atom. The Hall–Kier alpha value is -1.82. The number of rotatable bonds is 3. The number of benzene rings is 1. The van der Waals surface area contributed by atoms with Crippen molar-refractivity contribution in [1.29, 1.82) is 0 Å². The standard InChI is InChI=1S/C15H17F3N2O/c16-15(17,18)12-6-8-20(9-7-12)14(21)13(19)10-11-4-2-1-3-5-11/h1-6,13H,7-10,19H2. The van der Waals surface area contributed by atoms with E-state index >= 15 is 0 Å². The van der Waals surface area contributed by atoms with E-state index in [1.807, 2.05) is 30.3 Å². The highest BCUT2D eigenvalue weighted by Gasteiger charge is 2.35. The summed E-state index contributed by atoms with van der Waals surface area (Å²) >= 11 is 0. The van der Waals surface area contributed by atoms with Crippen molar-refractivity contribution < 1.29 is 18.0 Å². The minimum atomic E-state index is -4.30. The first-order valence-corrected chi connectivity index (χ1v) is 6.72. The van der Waals surface area contributed by atoms with Crippen LogP contribution in [0.5, 0.6) is 0 Å². The zero-order valence-electron chi connectivity index (χ0n) is 11.4. The van der Waals surface area contributed by atoms with Gasteiger partial charge < -0.3 is 10.6 Å². The molecule has 1 aliphatic rings. The second-order valence-corrected chi connectivity index (χ2v) is 5.06. The van der Waals surface area contributed by atoms with Crippen molar-refractivity contribution in [2.45, 2.75) is 25.1 Å². The summed E-state index contributed by atoms with van der Waals surface area (Å²) in [6.45, 7) is 0.0306. The summed E-state index contributed by atoms with van der Waals surface area (Å²) in [7, 11) is 0. The van der Waals surface area contributed by atoms with E-state index in [0.29, 0.717) is 6.42 Å². The molecule has 6 heteroatoms. The van der Waals surface area contributed by atoms with Crippen molar-refractivity contribution >= 4 is 5.91 Å². The Morgan fingerprint density at radius 2 is 1.95 bits per heavy atom. The van der Waals surface area contributed by atoms with Crippen LogP contribution in [0.4, 0.5) is 13.2 Å². The van der Waals surface area contributed by atoms with E-state index in [0.717, 1.165) is 11.6 Å². The largest absolute Gasteiger partial charge is 0.412 e. The van der Waals surface area contributed by atoms with Crippen molar-refractivity contribution in [3.05, 3.63) is 47.5 Å². The van der Waals surface area contributed by atoms with Crippen LogP contribution < -0.4 is 5.73 Å². The number of carbonyl (C=O) groups is 1. The van der Waals surface area contributed by atoms with Gasteiger partial charge in [-0.25, -0.2) is 0 Å².